The van der Waals surface area contributed by atoms with Crippen molar-refractivity contribution in [2.45, 2.75) is 46.7 Å². The molecule has 0 radical (unpaired) electrons. The summed E-state index contributed by atoms with van der Waals surface area (Å²) in [4.78, 5) is 8.00. The Morgan fingerprint density at radius 3 is 2.33 bits per heavy atom. The first-order chi connectivity index (χ1) is 7.04. The third kappa shape index (κ3) is 3.96. The molecule has 0 aliphatic rings. The Labute approximate surface area is 92.3 Å². The van der Waals surface area contributed by atoms with Gasteiger partial charge in [0, 0.05) is 30.5 Å². The third-order valence-electron chi connectivity index (χ3n) is 2.62. The van der Waals surface area contributed by atoms with Crippen molar-refractivity contribution in [3.63, 3.8) is 0 Å². The minimum Gasteiger partial charge on any atom is -0.309 e. The van der Waals surface area contributed by atoms with Crippen LogP contribution in [-0.2, 0) is 6.54 Å². The Morgan fingerprint density at radius 1 is 1.27 bits per heavy atom. The minimum atomic E-state index is 0.296. The second-order valence-electron chi connectivity index (χ2n) is 4.95. The van der Waals surface area contributed by atoms with Gasteiger partial charge in [-0.2, -0.15) is 0 Å². The first-order valence-electron chi connectivity index (χ1n) is 5.51. The lowest BCUT2D eigenvalue weighted by Gasteiger charge is -2.30. The molecule has 0 bridgehead atoms. The van der Waals surface area contributed by atoms with Gasteiger partial charge in [0.1, 0.15) is 6.33 Å². The van der Waals surface area contributed by atoms with Crippen LogP contribution in [0.4, 0.5) is 0 Å². The van der Waals surface area contributed by atoms with Crippen molar-refractivity contribution < 1.29 is 0 Å². The van der Waals surface area contributed by atoms with Crippen LogP contribution >= 0.6 is 0 Å². The highest BCUT2D eigenvalue weighted by molar-refractivity contribution is 5.02. The van der Waals surface area contributed by atoms with E-state index in [0.29, 0.717) is 11.5 Å². The van der Waals surface area contributed by atoms with E-state index in [9.17, 15) is 0 Å². The summed E-state index contributed by atoms with van der Waals surface area (Å²) >= 11 is 0. The standard InChI is InChI=1S/C12H21N3/c1-5-11(12(2,3)4)15-8-10-6-13-9-14-7-10/h6-7,9,11,15H,5,8H2,1-4H3. The number of aromatic nitrogens is 2. The fraction of sp³-hybridized carbons (Fsp3) is 0.667. The first kappa shape index (κ1) is 12.1. The van der Waals surface area contributed by atoms with Crippen molar-refractivity contribution in [2.24, 2.45) is 5.41 Å². The predicted molar refractivity (Wildman–Crippen MR) is 62.4 cm³/mol. The summed E-state index contributed by atoms with van der Waals surface area (Å²) < 4.78 is 0. The van der Waals surface area contributed by atoms with Gasteiger partial charge < -0.3 is 5.32 Å². The topological polar surface area (TPSA) is 37.8 Å². The van der Waals surface area contributed by atoms with Crippen LogP contribution in [0.2, 0.25) is 0 Å². The van der Waals surface area contributed by atoms with Crippen molar-refractivity contribution >= 4 is 0 Å². The monoisotopic (exact) mass is 207 g/mol. The Morgan fingerprint density at radius 2 is 1.87 bits per heavy atom. The SMILES string of the molecule is CCC(NCc1cncnc1)C(C)(C)C. The third-order valence-corrected chi connectivity index (χ3v) is 2.62. The lowest BCUT2D eigenvalue weighted by Crippen LogP contribution is -2.39. The lowest BCUT2D eigenvalue weighted by molar-refractivity contribution is 0.259. The van der Waals surface area contributed by atoms with Crippen molar-refractivity contribution in [2.75, 3.05) is 0 Å². The lowest BCUT2D eigenvalue weighted by atomic mass is 9.85. The molecule has 3 heteroatoms. The molecule has 1 aromatic rings. The molecule has 3 nitrogen and oxygen atoms in total. The summed E-state index contributed by atoms with van der Waals surface area (Å²) in [7, 11) is 0. The molecule has 0 aliphatic carbocycles. The number of hydrogen-bond acceptors (Lipinski definition) is 3. The molecular weight excluding hydrogens is 186 g/mol. The summed E-state index contributed by atoms with van der Waals surface area (Å²) in [5, 5.41) is 3.55. The fourth-order valence-electron chi connectivity index (χ4n) is 1.73. The average Bonchev–Trinajstić information content (AvgIpc) is 2.18. The van der Waals surface area contributed by atoms with Gasteiger partial charge in [0.2, 0.25) is 0 Å². The quantitative estimate of drug-likeness (QED) is 0.823. The summed E-state index contributed by atoms with van der Waals surface area (Å²) in [5.41, 5.74) is 1.44. The zero-order chi connectivity index (χ0) is 11.3. The molecule has 1 heterocycles. The molecule has 1 aromatic heterocycles. The average molecular weight is 207 g/mol. The van der Waals surface area contributed by atoms with Crippen LogP contribution in [0, 0.1) is 5.41 Å². The van der Waals surface area contributed by atoms with Gasteiger partial charge in [-0.3, -0.25) is 0 Å². The van der Waals surface area contributed by atoms with E-state index in [1.165, 1.54) is 0 Å². The van der Waals surface area contributed by atoms with Gasteiger partial charge in [-0.25, -0.2) is 9.97 Å². The van der Waals surface area contributed by atoms with Crippen LogP contribution in [0.1, 0.15) is 39.7 Å². The number of nitrogens with one attached hydrogen (secondary N) is 1. The Bertz CT molecular complexity index is 277. The van der Waals surface area contributed by atoms with E-state index in [0.717, 1.165) is 18.5 Å². The summed E-state index contributed by atoms with van der Waals surface area (Å²) in [5.74, 6) is 0. The van der Waals surface area contributed by atoms with E-state index < -0.39 is 0 Å². The van der Waals surface area contributed by atoms with E-state index in [2.05, 4.69) is 43.0 Å². The van der Waals surface area contributed by atoms with Crippen LogP contribution in [0.3, 0.4) is 0 Å². The second kappa shape index (κ2) is 5.21. The molecule has 1 N–H and O–H groups in total. The van der Waals surface area contributed by atoms with Crippen molar-refractivity contribution in [1.29, 1.82) is 0 Å². The molecule has 15 heavy (non-hydrogen) atoms. The van der Waals surface area contributed by atoms with Gasteiger partial charge in [0.15, 0.2) is 0 Å². The van der Waals surface area contributed by atoms with Gasteiger partial charge in [-0.15, -0.1) is 0 Å². The summed E-state index contributed by atoms with van der Waals surface area (Å²) in [6, 6.07) is 0.526. The van der Waals surface area contributed by atoms with Crippen molar-refractivity contribution in [3.05, 3.63) is 24.3 Å². The molecule has 0 fully saturated rings. The van der Waals surface area contributed by atoms with Crippen molar-refractivity contribution in [3.8, 4) is 0 Å². The van der Waals surface area contributed by atoms with Gasteiger partial charge >= 0.3 is 0 Å². The molecule has 0 amide bonds. The summed E-state index contributed by atoms with van der Waals surface area (Å²) in [6.45, 7) is 9.84. The van der Waals surface area contributed by atoms with Gasteiger partial charge in [-0.1, -0.05) is 27.7 Å². The summed E-state index contributed by atoms with van der Waals surface area (Å²) in [6.07, 6.45) is 6.41. The molecule has 0 spiro atoms. The highest BCUT2D eigenvalue weighted by atomic mass is 14.9. The van der Waals surface area contributed by atoms with E-state index in [1.54, 1.807) is 6.33 Å². The Balaban J connectivity index is 2.49. The van der Waals surface area contributed by atoms with Crippen LogP contribution in [-0.4, -0.2) is 16.0 Å². The smallest absolute Gasteiger partial charge is 0.115 e. The van der Waals surface area contributed by atoms with E-state index >= 15 is 0 Å². The van der Waals surface area contributed by atoms with Gasteiger partial charge in [-0.05, 0) is 11.8 Å². The Hall–Kier alpha value is -0.960. The second-order valence-corrected chi connectivity index (χ2v) is 4.95. The largest absolute Gasteiger partial charge is 0.309 e. The van der Waals surface area contributed by atoms with Crippen LogP contribution < -0.4 is 5.32 Å². The van der Waals surface area contributed by atoms with Gasteiger partial charge in [0.05, 0.1) is 0 Å². The van der Waals surface area contributed by atoms with Crippen LogP contribution in [0.5, 0.6) is 0 Å². The maximum absolute atomic E-state index is 4.00. The molecule has 0 aliphatic heterocycles. The zero-order valence-electron chi connectivity index (χ0n) is 10.1. The molecule has 84 valence electrons. The molecule has 0 saturated carbocycles. The van der Waals surface area contributed by atoms with Gasteiger partial charge in [0.25, 0.3) is 0 Å². The molecular formula is C12H21N3. The molecule has 1 atom stereocenters. The number of hydrogen-bond donors (Lipinski definition) is 1. The number of rotatable bonds is 4. The molecule has 1 unspecified atom stereocenters. The fourth-order valence-corrected chi connectivity index (χ4v) is 1.73. The zero-order valence-corrected chi connectivity index (χ0v) is 10.1. The highest BCUT2D eigenvalue weighted by Gasteiger charge is 2.21. The molecule has 0 aromatic carbocycles. The minimum absolute atomic E-state index is 0.296. The van der Waals surface area contributed by atoms with E-state index in [-0.39, 0.29) is 0 Å². The van der Waals surface area contributed by atoms with E-state index in [1.807, 2.05) is 12.4 Å². The maximum atomic E-state index is 4.00. The predicted octanol–water partition coefficient (Wildman–Crippen LogP) is 2.39. The molecule has 1 rings (SSSR count). The normalized spacial score (nSPS) is 13.9. The molecule has 0 saturated heterocycles. The first-order valence-corrected chi connectivity index (χ1v) is 5.51. The van der Waals surface area contributed by atoms with Crippen LogP contribution in [0.25, 0.3) is 0 Å². The van der Waals surface area contributed by atoms with Crippen LogP contribution in [0.15, 0.2) is 18.7 Å². The number of nitrogens with zero attached hydrogens (tertiary/aromatic N) is 2. The van der Waals surface area contributed by atoms with Crippen molar-refractivity contribution in [1.82, 2.24) is 15.3 Å². The Kier molecular flexibility index (Phi) is 4.21. The van der Waals surface area contributed by atoms with E-state index in [4.69, 9.17) is 0 Å². The maximum Gasteiger partial charge on any atom is 0.115 e. The highest BCUT2D eigenvalue weighted by Crippen LogP contribution is 2.21.